The molecule has 3 rings (SSSR count). The van der Waals surface area contributed by atoms with Crippen molar-refractivity contribution >= 4 is 28.0 Å². The van der Waals surface area contributed by atoms with Crippen molar-refractivity contribution in [2.45, 2.75) is 18.3 Å². The van der Waals surface area contributed by atoms with E-state index in [9.17, 15) is 0 Å². The number of thiocarbonyl (C=S) groups is 1. The smallest absolute Gasteiger partial charge is 0.0834 e. The molecule has 1 aliphatic rings. The van der Waals surface area contributed by atoms with Gasteiger partial charge in [-0.25, -0.2) is 0 Å². The first-order chi connectivity index (χ1) is 7.74. The van der Waals surface area contributed by atoms with E-state index < -0.39 is 0 Å². The molecule has 0 amide bonds. The summed E-state index contributed by atoms with van der Waals surface area (Å²) in [5.74, 6) is 0. The topological polar surface area (TPSA) is 26.0 Å². The maximum Gasteiger partial charge on any atom is 0.0834 e. The lowest BCUT2D eigenvalue weighted by atomic mass is 9.91. The van der Waals surface area contributed by atoms with Crippen molar-refractivity contribution in [3.05, 3.63) is 48.0 Å². The van der Waals surface area contributed by atoms with Crippen LogP contribution in [0.1, 0.15) is 18.4 Å². The fourth-order valence-electron chi connectivity index (χ4n) is 2.42. The van der Waals surface area contributed by atoms with Crippen LogP contribution in [0.15, 0.2) is 42.5 Å². The molecule has 0 atom stereocenters. The molecule has 80 valence electrons. The number of benzene rings is 2. The molecule has 2 aromatic carbocycles. The third-order valence-electron chi connectivity index (χ3n) is 3.53. The highest BCUT2D eigenvalue weighted by Crippen LogP contribution is 2.50. The molecule has 0 bridgehead atoms. The zero-order valence-corrected chi connectivity index (χ0v) is 9.76. The van der Waals surface area contributed by atoms with Gasteiger partial charge in [0.15, 0.2) is 0 Å². The largest absolute Gasteiger partial charge is 0.393 e. The summed E-state index contributed by atoms with van der Waals surface area (Å²) in [5, 5.41) is 2.55. The van der Waals surface area contributed by atoms with Crippen molar-refractivity contribution in [1.29, 1.82) is 0 Å². The maximum atomic E-state index is 5.89. The van der Waals surface area contributed by atoms with Gasteiger partial charge in [-0.3, -0.25) is 0 Å². The third kappa shape index (κ3) is 1.26. The minimum absolute atomic E-state index is 0.0177. The summed E-state index contributed by atoms with van der Waals surface area (Å²) >= 11 is 5.22. The van der Waals surface area contributed by atoms with Crippen LogP contribution in [0, 0.1) is 0 Å². The van der Waals surface area contributed by atoms with Gasteiger partial charge in [0.25, 0.3) is 0 Å². The monoisotopic (exact) mass is 227 g/mol. The first-order valence-electron chi connectivity index (χ1n) is 5.52. The van der Waals surface area contributed by atoms with Gasteiger partial charge in [-0.2, -0.15) is 0 Å². The van der Waals surface area contributed by atoms with Crippen LogP contribution in [0.25, 0.3) is 10.8 Å². The van der Waals surface area contributed by atoms with E-state index in [0.717, 1.165) is 12.8 Å². The van der Waals surface area contributed by atoms with E-state index in [0.29, 0.717) is 4.99 Å². The van der Waals surface area contributed by atoms with Crippen molar-refractivity contribution in [2.24, 2.45) is 5.73 Å². The summed E-state index contributed by atoms with van der Waals surface area (Å²) in [5.41, 5.74) is 7.17. The second kappa shape index (κ2) is 3.29. The van der Waals surface area contributed by atoms with Gasteiger partial charge in [0, 0.05) is 5.41 Å². The van der Waals surface area contributed by atoms with Crippen molar-refractivity contribution in [1.82, 2.24) is 0 Å². The third-order valence-corrected chi connectivity index (χ3v) is 3.92. The Bertz CT molecular complexity index is 564. The van der Waals surface area contributed by atoms with Crippen molar-refractivity contribution in [3.8, 4) is 0 Å². The van der Waals surface area contributed by atoms with Crippen LogP contribution in [0.5, 0.6) is 0 Å². The van der Waals surface area contributed by atoms with Crippen LogP contribution in [0.3, 0.4) is 0 Å². The van der Waals surface area contributed by atoms with Gasteiger partial charge in [-0.1, -0.05) is 54.7 Å². The lowest BCUT2D eigenvalue weighted by Gasteiger charge is -2.16. The molecule has 1 fully saturated rings. The highest BCUT2D eigenvalue weighted by atomic mass is 32.1. The fraction of sp³-hybridized carbons (Fsp3) is 0.214. The van der Waals surface area contributed by atoms with E-state index in [4.69, 9.17) is 18.0 Å². The van der Waals surface area contributed by atoms with Gasteiger partial charge >= 0.3 is 0 Å². The zero-order valence-electron chi connectivity index (χ0n) is 8.94. The molecule has 0 spiro atoms. The number of nitrogens with two attached hydrogens (primary N) is 1. The predicted molar refractivity (Wildman–Crippen MR) is 71.6 cm³/mol. The summed E-state index contributed by atoms with van der Waals surface area (Å²) in [7, 11) is 0. The highest BCUT2D eigenvalue weighted by molar-refractivity contribution is 7.80. The Morgan fingerprint density at radius 3 is 2.44 bits per heavy atom. The molecule has 0 aromatic heterocycles. The van der Waals surface area contributed by atoms with Crippen LogP contribution in [0.4, 0.5) is 0 Å². The second-order valence-electron chi connectivity index (χ2n) is 4.47. The molecule has 2 heteroatoms. The minimum atomic E-state index is -0.0177. The fourth-order valence-corrected chi connectivity index (χ4v) is 2.73. The first-order valence-corrected chi connectivity index (χ1v) is 5.93. The Morgan fingerprint density at radius 2 is 1.75 bits per heavy atom. The van der Waals surface area contributed by atoms with E-state index in [2.05, 4.69) is 42.5 Å². The van der Waals surface area contributed by atoms with E-state index in [-0.39, 0.29) is 5.41 Å². The Kier molecular flexibility index (Phi) is 2.01. The number of rotatable bonds is 2. The van der Waals surface area contributed by atoms with E-state index in [1.54, 1.807) is 0 Å². The average Bonchev–Trinajstić information content (AvgIpc) is 3.09. The number of hydrogen-bond donors (Lipinski definition) is 1. The van der Waals surface area contributed by atoms with Crippen LogP contribution >= 0.6 is 12.2 Å². The van der Waals surface area contributed by atoms with Gasteiger partial charge in [-0.05, 0) is 29.2 Å². The standard InChI is InChI=1S/C14H13NS/c15-13(16)14(8-9-14)12-7-3-5-10-4-1-2-6-11(10)12/h1-7H,8-9H2,(H2,15,16). The van der Waals surface area contributed by atoms with E-state index in [1.807, 2.05) is 0 Å². The molecule has 0 heterocycles. The van der Waals surface area contributed by atoms with Gasteiger partial charge in [0.05, 0.1) is 4.99 Å². The lowest BCUT2D eigenvalue weighted by Crippen LogP contribution is -2.26. The molecule has 2 aromatic rings. The molecule has 16 heavy (non-hydrogen) atoms. The molecular formula is C14H13NS. The number of hydrogen-bond acceptors (Lipinski definition) is 1. The molecule has 0 saturated heterocycles. The predicted octanol–water partition coefficient (Wildman–Crippen LogP) is 3.16. The zero-order chi connectivity index (χ0) is 11.2. The van der Waals surface area contributed by atoms with Gasteiger partial charge in [-0.15, -0.1) is 0 Å². The Labute approximate surface area is 100 Å². The quantitative estimate of drug-likeness (QED) is 0.798. The summed E-state index contributed by atoms with van der Waals surface area (Å²) in [4.78, 5) is 0.642. The maximum absolute atomic E-state index is 5.89. The summed E-state index contributed by atoms with van der Waals surface area (Å²) < 4.78 is 0. The molecule has 1 saturated carbocycles. The first kappa shape index (κ1) is 9.79. The molecule has 0 radical (unpaired) electrons. The van der Waals surface area contributed by atoms with E-state index in [1.165, 1.54) is 16.3 Å². The van der Waals surface area contributed by atoms with Crippen molar-refractivity contribution < 1.29 is 0 Å². The SMILES string of the molecule is NC(=S)C1(c2cccc3ccccc23)CC1. The van der Waals surface area contributed by atoms with Crippen LogP contribution < -0.4 is 5.73 Å². The molecule has 1 nitrogen and oxygen atoms in total. The molecule has 2 N–H and O–H groups in total. The van der Waals surface area contributed by atoms with Gasteiger partial charge < -0.3 is 5.73 Å². The lowest BCUT2D eigenvalue weighted by molar-refractivity contribution is 0.968. The highest BCUT2D eigenvalue weighted by Gasteiger charge is 2.47. The molecule has 1 aliphatic carbocycles. The van der Waals surface area contributed by atoms with Crippen LogP contribution in [0.2, 0.25) is 0 Å². The minimum Gasteiger partial charge on any atom is -0.393 e. The molecule has 0 unspecified atom stereocenters. The Hall–Kier alpha value is -1.41. The Balaban J connectivity index is 2.29. The molecule has 0 aliphatic heterocycles. The average molecular weight is 227 g/mol. The summed E-state index contributed by atoms with van der Waals surface area (Å²) in [6.45, 7) is 0. The number of fused-ring (bicyclic) bond motifs is 1. The van der Waals surface area contributed by atoms with Crippen LogP contribution in [-0.2, 0) is 5.41 Å². The van der Waals surface area contributed by atoms with Crippen molar-refractivity contribution in [2.75, 3.05) is 0 Å². The second-order valence-corrected chi connectivity index (χ2v) is 4.91. The molecular weight excluding hydrogens is 214 g/mol. The van der Waals surface area contributed by atoms with Gasteiger partial charge in [0.2, 0.25) is 0 Å². The van der Waals surface area contributed by atoms with Gasteiger partial charge in [0.1, 0.15) is 0 Å². The Morgan fingerprint density at radius 1 is 1.06 bits per heavy atom. The summed E-state index contributed by atoms with van der Waals surface area (Å²) in [6.07, 6.45) is 2.19. The summed E-state index contributed by atoms with van der Waals surface area (Å²) in [6, 6.07) is 14.8. The van der Waals surface area contributed by atoms with E-state index >= 15 is 0 Å². The normalized spacial score (nSPS) is 17.2. The van der Waals surface area contributed by atoms with Crippen molar-refractivity contribution in [3.63, 3.8) is 0 Å². The van der Waals surface area contributed by atoms with Crippen LogP contribution in [-0.4, -0.2) is 4.99 Å².